The minimum Gasteiger partial charge on any atom is -0.505 e. The molecule has 2 atom stereocenters. The summed E-state index contributed by atoms with van der Waals surface area (Å²) in [6.07, 6.45) is 3.03. The van der Waals surface area contributed by atoms with Gasteiger partial charge in [-0.3, -0.25) is 4.90 Å². The van der Waals surface area contributed by atoms with Gasteiger partial charge in [-0.15, -0.1) is 0 Å². The van der Waals surface area contributed by atoms with Gasteiger partial charge in [-0.1, -0.05) is 12.1 Å². The van der Waals surface area contributed by atoms with E-state index in [0.717, 1.165) is 19.4 Å². The van der Waals surface area contributed by atoms with Gasteiger partial charge in [0.25, 0.3) is 0 Å². The van der Waals surface area contributed by atoms with E-state index in [0.29, 0.717) is 18.0 Å². The van der Waals surface area contributed by atoms with Crippen molar-refractivity contribution in [1.82, 2.24) is 9.88 Å². The first-order valence-corrected chi connectivity index (χ1v) is 8.26. The van der Waals surface area contributed by atoms with Crippen LogP contribution in [0, 0.1) is 5.82 Å². The lowest BCUT2D eigenvalue weighted by atomic mass is 9.89. The highest BCUT2D eigenvalue weighted by Crippen LogP contribution is 2.34. The highest BCUT2D eigenvalue weighted by molar-refractivity contribution is 5.86. The van der Waals surface area contributed by atoms with Crippen LogP contribution in [0.2, 0.25) is 0 Å². The van der Waals surface area contributed by atoms with Crippen LogP contribution in [-0.4, -0.2) is 41.2 Å². The van der Waals surface area contributed by atoms with Gasteiger partial charge in [0.05, 0.1) is 13.2 Å². The average Bonchev–Trinajstić information content (AvgIpc) is 3.13. The smallest absolute Gasteiger partial charge is 0.360 e. The van der Waals surface area contributed by atoms with Crippen molar-refractivity contribution in [3.63, 3.8) is 0 Å². The third kappa shape index (κ3) is 3.51. The van der Waals surface area contributed by atoms with Gasteiger partial charge in [0.1, 0.15) is 6.26 Å². The van der Waals surface area contributed by atoms with Gasteiger partial charge in [-0.05, 0) is 43.9 Å². The number of likely N-dealkylation sites (tertiary alicyclic amines) is 1. The highest BCUT2D eigenvalue weighted by atomic mass is 19.1. The van der Waals surface area contributed by atoms with Crippen molar-refractivity contribution in [2.24, 2.45) is 0 Å². The molecule has 2 unspecified atom stereocenters. The third-order valence-corrected chi connectivity index (χ3v) is 4.72. The number of esters is 1. The molecule has 1 aromatic heterocycles. The summed E-state index contributed by atoms with van der Waals surface area (Å²) in [7, 11) is 1.29. The molecule has 0 aliphatic carbocycles. The van der Waals surface area contributed by atoms with Crippen molar-refractivity contribution in [1.29, 1.82) is 0 Å². The number of hydrogen-bond donors (Lipinski definition) is 1. The topological polar surface area (TPSA) is 75.8 Å². The molecule has 6 nitrogen and oxygen atoms in total. The van der Waals surface area contributed by atoms with Crippen molar-refractivity contribution in [2.45, 2.75) is 31.7 Å². The molecule has 0 spiro atoms. The summed E-state index contributed by atoms with van der Waals surface area (Å²) in [5.74, 6) is -1.000. The molecule has 0 saturated carbocycles. The Labute approximate surface area is 145 Å². The standard InChI is InChI=1S/C18H21FN2O4/c1-11(17-20-14(10-25-17)18(23)24-2)21-8-4-5-12(9-21)13-6-3-7-15(22)16(13)19/h3,6-7,10-12,22H,4-5,8-9H2,1-2H3. The van der Waals surface area contributed by atoms with Crippen LogP contribution in [0.25, 0.3) is 0 Å². The predicted octanol–water partition coefficient (Wildman–Crippen LogP) is 3.25. The fourth-order valence-electron chi connectivity index (χ4n) is 3.30. The lowest BCUT2D eigenvalue weighted by molar-refractivity contribution is 0.0593. The number of hydrogen-bond acceptors (Lipinski definition) is 6. The Balaban J connectivity index is 1.75. The van der Waals surface area contributed by atoms with Crippen molar-refractivity contribution < 1.29 is 23.4 Å². The van der Waals surface area contributed by atoms with E-state index >= 15 is 0 Å². The van der Waals surface area contributed by atoms with Crippen LogP contribution in [0.1, 0.15) is 53.7 Å². The van der Waals surface area contributed by atoms with Crippen LogP contribution < -0.4 is 0 Å². The highest BCUT2D eigenvalue weighted by Gasteiger charge is 2.30. The van der Waals surface area contributed by atoms with Gasteiger partial charge in [0.15, 0.2) is 17.3 Å². The first kappa shape index (κ1) is 17.4. The maximum atomic E-state index is 14.2. The van der Waals surface area contributed by atoms with E-state index in [-0.39, 0.29) is 23.4 Å². The molecule has 1 saturated heterocycles. The van der Waals surface area contributed by atoms with Crippen molar-refractivity contribution >= 4 is 5.97 Å². The fraction of sp³-hybridized carbons (Fsp3) is 0.444. The van der Waals surface area contributed by atoms with E-state index in [9.17, 15) is 14.3 Å². The van der Waals surface area contributed by atoms with E-state index in [4.69, 9.17) is 4.42 Å². The zero-order valence-corrected chi connectivity index (χ0v) is 14.2. The van der Waals surface area contributed by atoms with Gasteiger partial charge in [-0.2, -0.15) is 0 Å². The first-order valence-electron chi connectivity index (χ1n) is 8.26. The predicted molar refractivity (Wildman–Crippen MR) is 87.9 cm³/mol. The normalized spacial score (nSPS) is 19.6. The number of phenolic OH excluding ortho intramolecular Hbond substituents is 1. The molecule has 1 aromatic carbocycles. The SMILES string of the molecule is COC(=O)c1coc(C(C)N2CCCC(c3cccc(O)c3F)C2)n1. The number of carbonyl (C=O) groups excluding carboxylic acids is 1. The number of aromatic nitrogens is 1. The Hall–Kier alpha value is -2.41. The molecule has 7 heteroatoms. The Kier molecular flexibility index (Phi) is 5.03. The summed E-state index contributed by atoms with van der Waals surface area (Å²) >= 11 is 0. The van der Waals surface area contributed by atoms with Crippen molar-refractivity contribution in [3.8, 4) is 5.75 Å². The maximum Gasteiger partial charge on any atom is 0.360 e. The number of benzene rings is 1. The zero-order chi connectivity index (χ0) is 18.0. The van der Waals surface area contributed by atoms with Crippen LogP contribution in [0.5, 0.6) is 5.75 Å². The minimum absolute atomic E-state index is 0.0154. The summed E-state index contributed by atoms with van der Waals surface area (Å²) in [5, 5.41) is 9.60. The number of ether oxygens (including phenoxy) is 1. The Morgan fingerprint density at radius 1 is 1.52 bits per heavy atom. The fourth-order valence-corrected chi connectivity index (χ4v) is 3.30. The molecule has 134 valence electrons. The molecule has 0 bridgehead atoms. The van der Waals surface area contributed by atoms with Crippen LogP contribution in [0.3, 0.4) is 0 Å². The summed E-state index contributed by atoms with van der Waals surface area (Å²) in [5.41, 5.74) is 0.663. The van der Waals surface area contributed by atoms with E-state index in [2.05, 4.69) is 14.6 Å². The number of oxazole rings is 1. The molecular formula is C18H21FN2O4. The Morgan fingerprint density at radius 3 is 3.08 bits per heavy atom. The van der Waals surface area contributed by atoms with Gasteiger partial charge in [-0.25, -0.2) is 14.2 Å². The number of rotatable bonds is 4. The lowest BCUT2D eigenvalue weighted by Crippen LogP contribution is -2.36. The monoisotopic (exact) mass is 348 g/mol. The number of nitrogens with zero attached hydrogens (tertiary/aromatic N) is 2. The molecule has 1 fully saturated rings. The maximum absolute atomic E-state index is 14.2. The average molecular weight is 348 g/mol. The largest absolute Gasteiger partial charge is 0.505 e. The Morgan fingerprint density at radius 2 is 2.32 bits per heavy atom. The summed E-state index contributed by atoms with van der Waals surface area (Å²) in [4.78, 5) is 17.8. The van der Waals surface area contributed by atoms with Gasteiger partial charge in [0.2, 0.25) is 5.89 Å². The van der Waals surface area contributed by atoms with E-state index < -0.39 is 11.8 Å². The molecular weight excluding hydrogens is 327 g/mol. The molecule has 1 aliphatic heterocycles. The molecule has 0 radical (unpaired) electrons. The van der Waals surface area contributed by atoms with Crippen molar-refractivity contribution in [2.75, 3.05) is 20.2 Å². The summed E-state index contributed by atoms with van der Waals surface area (Å²) in [6.45, 7) is 3.39. The molecule has 0 amide bonds. The second-order valence-corrected chi connectivity index (χ2v) is 6.25. The number of halogens is 1. The summed E-state index contributed by atoms with van der Waals surface area (Å²) in [6, 6.07) is 4.58. The third-order valence-electron chi connectivity index (χ3n) is 4.72. The van der Waals surface area contributed by atoms with E-state index in [1.54, 1.807) is 12.1 Å². The van der Waals surface area contributed by atoms with E-state index in [1.165, 1.54) is 19.4 Å². The summed E-state index contributed by atoms with van der Waals surface area (Å²) < 4.78 is 24.3. The quantitative estimate of drug-likeness (QED) is 0.855. The van der Waals surface area contributed by atoms with Crippen LogP contribution in [0.15, 0.2) is 28.9 Å². The minimum atomic E-state index is -0.550. The zero-order valence-electron chi connectivity index (χ0n) is 14.2. The van der Waals surface area contributed by atoms with Crippen molar-refractivity contribution in [3.05, 3.63) is 47.4 Å². The second kappa shape index (κ2) is 7.23. The van der Waals surface area contributed by atoms with Crippen LogP contribution in [-0.2, 0) is 4.74 Å². The van der Waals surface area contributed by atoms with Gasteiger partial charge in [0, 0.05) is 6.54 Å². The Bertz CT molecular complexity index is 761. The number of phenols is 1. The molecule has 2 aromatic rings. The molecule has 25 heavy (non-hydrogen) atoms. The first-order chi connectivity index (χ1) is 12.0. The van der Waals surface area contributed by atoms with E-state index in [1.807, 2.05) is 6.92 Å². The van der Waals surface area contributed by atoms with Gasteiger partial charge < -0.3 is 14.3 Å². The van der Waals surface area contributed by atoms with Gasteiger partial charge >= 0.3 is 5.97 Å². The van der Waals surface area contributed by atoms with Crippen LogP contribution in [0.4, 0.5) is 4.39 Å². The number of aromatic hydroxyl groups is 1. The molecule has 1 N–H and O–H groups in total. The molecule has 1 aliphatic rings. The number of carbonyl (C=O) groups is 1. The van der Waals surface area contributed by atoms with Crippen LogP contribution >= 0.6 is 0 Å². The molecule has 2 heterocycles. The number of piperidine rings is 1. The number of methoxy groups -OCH3 is 1. The molecule has 3 rings (SSSR count). The second-order valence-electron chi connectivity index (χ2n) is 6.25. The lowest BCUT2D eigenvalue weighted by Gasteiger charge is -2.35.